The Morgan fingerprint density at radius 3 is 2.60 bits per heavy atom. The van der Waals surface area contributed by atoms with Crippen LogP contribution in [0.1, 0.15) is 10.6 Å². The average molecular weight is 410 g/mol. The number of hydrogen-bond acceptors (Lipinski definition) is 8. The van der Waals surface area contributed by atoms with Crippen LogP contribution < -0.4 is 15.1 Å². The highest BCUT2D eigenvalue weighted by Crippen LogP contribution is 2.18. The van der Waals surface area contributed by atoms with Gasteiger partial charge >= 0.3 is 0 Å². The Hall–Kier alpha value is -3.46. The number of rotatable bonds is 6. The Kier molecular flexibility index (Phi) is 5.89. The highest BCUT2D eigenvalue weighted by Gasteiger charge is 2.25. The molecule has 1 aliphatic heterocycles. The van der Waals surface area contributed by atoms with Gasteiger partial charge < -0.3 is 23.7 Å². The van der Waals surface area contributed by atoms with Crippen molar-refractivity contribution in [3.8, 4) is 5.88 Å². The van der Waals surface area contributed by atoms with Crippen LogP contribution in [0.15, 0.2) is 51.7 Å². The molecule has 30 heavy (non-hydrogen) atoms. The molecule has 1 aliphatic rings. The van der Waals surface area contributed by atoms with Gasteiger partial charge in [-0.1, -0.05) is 12.1 Å². The first-order chi connectivity index (χ1) is 14.7. The zero-order chi connectivity index (χ0) is 20.9. The molecule has 3 aromatic rings. The summed E-state index contributed by atoms with van der Waals surface area (Å²) in [6.07, 6.45) is 0. The predicted octanol–water partition coefficient (Wildman–Crippen LogP) is 1.57. The Balaban J connectivity index is 1.38. The second-order valence-corrected chi connectivity index (χ2v) is 6.82. The van der Waals surface area contributed by atoms with E-state index in [1.807, 2.05) is 11.0 Å². The molecular formula is C21H22N4O5. The van der Waals surface area contributed by atoms with Gasteiger partial charge in [-0.25, -0.2) is 0 Å². The average Bonchev–Trinajstić information content (AvgIpc) is 2.79. The first-order valence-electron chi connectivity index (χ1n) is 9.68. The number of fused-ring (bicyclic) bond motifs is 1. The van der Waals surface area contributed by atoms with Crippen molar-refractivity contribution >= 4 is 22.7 Å². The highest BCUT2D eigenvalue weighted by atomic mass is 16.5. The molecule has 0 atom stereocenters. The lowest BCUT2D eigenvalue weighted by Crippen LogP contribution is -2.49. The summed E-state index contributed by atoms with van der Waals surface area (Å²) in [7, 11) is 1.61. The number of para-hydroxylation sites is 1. The number of methoxy groups -OCH3 is 1. The van der Waals surface area contributed by atoms with Crippen molar-refractivity contribution in [2.24, 2.45) is 0 Å². The monoisotopic (exact) mass is 410 g/mol. The number of carbonyl (C=O) groups excluding carboxylic acids is 1. The van der Waals surface area contributed by atoms with Gasteiger partial charge in [0.05, 0.1) is 12.0 Å². The van der Waals surface area contributed by atoms with Crippen LogP contribution in [0.3, 0.4) is 0 Å². The molecule has 1 aromatic carbocycles. The van der Waals surface area contributed by atoms with Gasteiger partial charge in [0.1, 0.15) is 12.2 Å². The molecule has 1 amide bonds. The number of ether oxygens (including phenoxy) is 2. The molecule has 0 saturated carbocycles. The zero-order valence-electron chi connectivity index (χ0n) is 16.6. The summed E-state index contributed by atoms with van der Waals surface area (Å²) < 4.78 is 16.0. The number of hydrogen-bond donors (Lipinski definition) is 0. The molecule has 0 bridgehead atoms. The van der Waals surface area contributed by atoms with Gasteiger partial charge in [0, 0.05) is 45.4 Å². The van der Waals surface area contributed by atoms with Crippen LogP contribution in [0, 0.1) is 0 Å². The number of piperazine rings is 1. The Morgan fingerprint density at radius 1 is 1.07 bits per heavy atom. The van der Waals surface area contributed by atoms with Gasteiger partial charge in [0.15, 0.2) is 17.0 Å². The van der Waals surface area contributed by atoms with E-state index in [9.17, 15) is 9.59 Å². The van der Waals surface area contributed by atoms with Crippen molar-refractivity contribution < 1.29 is 18.7 Å². The van der Waals surface area contributed by atoms with Crippen molar-refractivity contribution in [2.45, 2.75) is 0 Å². The van der Waals surface area contributed by atoms with Gasteiger partial charge in [-0.2, -0.15) is 0 Å². The second kappa shape index (κ2) is 8.91. The molecule has 2 aromatic heterocycles. The van der Waals surface area contributed by atoms with E-state index in [0.717, 1.165) is 5.82 Å². The Bertz CT molecular complexity index is 1070. The number of carbonyl (C=O) groups is 1. The minimum atomic E-state index is -0.287. The number of nitrogens with zero attached hydrogens (tertiary/aromatic N) is 4. The maximum absolute atomic E-state index is 12.8. The van der Waals surface area contributed by atoms with E-state index >= 15 is 0 Å². The fraction of sp³-hybridized carbons (Fsp3) is 0.333. The minimum absolute atomic E-state index is 0.0597. The number of aromatic nitrogens is 2. The SMILES string of the molecule is COCCOc1ccc(N2CCN(C(=O)c3cc(=O)c4ccccc4o3)CC2)nn1. The molecule has 156 valence electrons. The topological polar surface area (TPSA) is 98.0 Å². The van der Waals surface area contributed by atoms with E-state index in [1.165, 1.54) is 6.07 Å². The van der Waals surface area contributed by atoms with E-state index < -0.39 is 0 Å². The van der Waals surface area contributed by atoms with Crippen LogP contribution in [-0.4, -0.2) is 67.5 Å². The van der Waals surface area contributed by atoms with Crippen LogP contribution >= 0.6 is 0 Å². The lowest BCUT2D eigenvalue weighted by atomic mass is 10.2. The third-order valence-corrected chi connectivity index (χ3v) is 4.90. The molecule has 3 heterocycles. The van der Waals surface area contributed by atoms with Crippen LogP contribution in [0.5, 0.6) is 5.88 Å². The maximum Gasteiger partial charge on any atom is 0.289 e. The van der Waals surface area contributed by atoms with Gasteiger partial charge in [0.2, 0.25) is 5.88 Å². The lowest BCUT2D eigenvalue weighted by Gasteiger charge is -2.34. The smallest absolute Gasteiger partial charge is 0.289 e. The molecule has 0 unspecified atom stereocenters. The van der Waals surface area contributed by atoms with E-state index in [1.54, 1.807) is 42.3 Å². The largest absolute Gasteiger partial charge is 0.474 e. The molecular weight excluding hydrogens is 388 g/mol. The summed E-state index contributed by atoms with van der Waals surface area (Å²) in [6.45, 7) is 3.07. The molecule has 9 nitrogen and oxygen atoms in total. The Labute approximate surface area is 172 Å². The van der Waals surface area contributed by atoms with Crippen LogP contribution in [-0.2, 0) is 4.74 Å². The van der Waals surface area contributed by atoms with E-state index in [2.05, 4.69) is 10.2 Å². The van der Waals surface area contributed by atoms with Crippen molar-refractivity contribution in [1.82, 2.24) is 15.1 Å². The molecule has 0 N–H and O–H groups in total. The molecule has 4 rings (SSSR count). The number of amides is 1. The molecule has 0 spiro atoms. The van der Waals surface area contributed by atoms with E-state index in [-0.39, 0.29) is 17.1 Å². The summed E-state index contributed by atoms with van der Waals surface area (Å²) in [5.41, 5.74) is 0.192. The standard InChI is InChI=1S/C21H22N4O5/c1-28-12-13-29-20-7-6-19(22-23-20)24-8-10-25(11-9-24)21(27)18-14-16(26)15-4-2-3-5-17(15)30-18/h2-7,14H,8-13H2,1H3. The predicted molar refractivity (Wildman–Crippen MR) is 110 cm³/mol. The first-order valence-corrected chi connectivity index (χ1v) is 9.68. The molecule has 9 heteroatoms. The van der Waals surface area contributed by atoms with Crippen LogP contribution in [0.2, 0.25) is 0 Å². The van der Waals surface area contributed by atoms with Crippen LogP contribution in [0.25, 0.3) is 11.0 Å². The zero-order valence-corrected chi connectivity index (χ0v) is 16.6. The normalized spacial score (nSPS) is 14.2. The summed E-state index contributed by atoms with van der Waals surface area (Å²) in [5.74, 6) is 0.935. The van der Waals surface area contributed by atoms with Gasteiger partial charge in [-0.3, -0.25) is 9.59 Å². The molecule has 0 radical (unpaired) electrons. The molecule has 1 fully saturated rings. The first kappa shape index (κ1) is 19.8. The summed E-state index contributed by atoms with van der Waals surface area (Å²) in [5, 5.41) is 8.73. The number of benzene rings is 1. The van der Waals surface area contributed by atoms with Crippen molar-refractivity contribution in [2.75, 3.05) is 51.4 Å². The summed E-state index contributed by atoms with van der Waals surface area (Å²) >= 11 is 0. The van der Waals surface area contributed by atoms with Gasteiger partial charge in [0.25, 0.3) is 5.91 Å². The van der Waals surface area contributed by atoms with E-state index in [4.69, 9.17) is 13.9 Å². The van der Waals surface area contributed by atoms with Gasteiger partial charge in [-0.05, 0) is 18.2 Å². The summed E-state index contributed by atoms with van der Waals surface area (Å²) in [6, 6.07) is 11.8. The maximum atomic E-state index is 12.8. The third-order valence-electron chi connectivity index (χ3n) is 4.90. The van der Waals surface area contributed by atoms with E-state index in [0.29, 0.717) is 56.2 Å². The lowest BCUT2D eigenvalue weighted by molar-refractivity contribution is 0.0715. The summed E-state index contributed by atoms with van der Waals surface area (Å²) in [4.78, 5) is 28.8. The highest BCUT2D eigenvalue weighted by molar-refractivity contribution is 5.93. The second-order valence-electron chi connectivity index (χ2n) is 6.82. The minimum Gasteiger partial charge on any atom is -0.474 e. The quantitative estimate of drug-likeness (QED) is 0.565. The number of anilines is 1. The Morgan fingerprint density at radius 2 is 1.87 bits per heavy atom. The van der Waals surface area contributed by atoms with Crippen LogP contribution in [0.4, 0.5) is 5.82 Å². The molecule has 0 aliphatic carbocycles. The third kappa shape index (κ3) is 4.25. The fourth-order valence-electron chi connectivity index (χ4n) is 3.29. The van der Waals surface area contributed by atoms with Gasteiger partial charge in [-0.15, -0.1) is 10.2 Å². The molecule has 1 saturated heterocycles. The van der Waals surface area contributed by atoms with Crippen molar-refractivity contribution in [1.29, 1.82) is 0 Å². The van der Waals surface area contributed by atoms with Crippen molar-refractivity contribution in [3.63, 3.8) is 0 Å². The van der Waals surface area contributed by atoms with Crippen molar-refractivity contribution in [3.05, 3.63) is 58.4 Å². The fourth-order valence-corrected chi connectivity index (χ4v) is 3.29.